The first-order valence-corrected chi connectivity index (χ1v) is 11.5. The van der Waals surface area contributed by atoms with Gasteiger partial charge in [-0.25, -0.2) is 0 Å². The van der Waals surface area contributed by atoms with Crippen molar-refractivity contribution in [3.05, 3.63) is 0 Å². The van der Waals surface area contributed by atoms with Crippen molar-refractivity contribution in [1.82, 2.24) is 15.5 Å². The molecule has 3 rings (SSSR count). The predicted molar refractivity (Wildman–Crippen MR) is 113 cm³/mol. The lowest BCUT2D eigenvalue weighted by Crippen LogP contribution is -2.46. The van der Waals surface area contributed by atoms with Crippen molar-refractivity contribution in [1.29, 1.82) is 0 Å². The number of aliphatic imine (C=N–C) groups is 1. The van der Waals surface area contributed by atoms with Crippen LogP contribution in [-0.4, -0.2) is 62.7 Å². The highest BCUT2D eigenvalue weighted by molar-refractivity contribution is 5.81. The maximum atomic E-state index is 12.7. The minimum Gasteiger partial charge on any atom is -0.385 e. The minimum atomic E-state index is 0.281. The van der Waals surface area contributed by atoms with E-state index in [0.717, 1.165) is 64.4 Å². The van der Waals surface area contributed by atoms with Crippen molar-refractivity contribution < 1.29 is 9.53 Å². The third-order valence-electron chi connectivity index (χ3n) is 6.96. The molecule has 1 aliphatic heterocycles. The highest BCUT2D eigenvalue weighted by Gasteiger charge is 2.34. The van der Waals surface area contributed by atoms with Crippen LogP contribution in [0.25, 0.3) is 0 Å². The summed E-state index contributed by atoms with van der Waals surface area (Å²) in [6.45, 7) is 6.34. The molecule has 6 nitrogen and oxygen atoms in total. The highest BCUT2D eigenvalue weighted by Crippen LogP contribution is 2.41. The first-order valence-electron chi connectivity index (χ1n) is 11.5. The number of likely N-dealkylation sites (tertiary alicyclic amines) is 1. The molecule has 2 aliphatic carbocycles. The van der Waals surface area contributed by atoms with E-state index in [1.165, 1.54) is 38.5 Å². The first kappa shape index (κ1) is 21.4. The van der Waals surface area contributed by atoms with E-state index in [-0.39, 0.29) is 5.92 Å². The molecule has 1 heterocycles. The van der Waals surface area contributed by atoms with Gasteiger partial charge in [0.25, 0.3) is 0 Å². The largest absolute Gasteiger partial charge is 0.385 e. The second kappa shape index (κ2) is 10.5. The van der Waals surface area contributed by atoms with E-state index in [2.05, 4.69) is 22.5 Å². The molecule has 1 unspecified atom stereocenters. The van der Waals surface area contributed by atoms with Crippen molar-refractivity contribution in [2.24, 2.45) is 16.3 Å². The lowest BCUT2D eigenvalue weighted by molar-refractivity contribution is -0.134. The summed E-state index contributed by atoms with van der Waals surface area (Å²) in [4.78, 5) is 19.7. The summed E-state index contributed by atoms with van der Waals surface area (Å²) in [5.74, 6) is 1.57. The van der Waals surface area contributed by atoms with Gasteiger partial charge >= 0.3 is 0 Å². The smallest absolute Gasteiger partial charge is 0.225 e. The van der Waals surface area contributed by atoms with Crippen LogP contribution in [0.5, 0.6) is 0 Å². The minimum absolute atomic E-state index is 0.281. The molecule has 6 heteroatoms. The summed E-state index contributed by atoms with van der Waals surface area (Å²) in [5, 5.41) is 7.01. The topological polar surface area (TPSA) is 66.0 Å². The van der Waals surface area contributed by atoms with Crippen LogP contribution in [0.1, 0.15) is 71.1 Å². The van der Waals surface area contributed by atoms with Crippen molar-refractivity contribution in [3.8, 4) is 0 Å². The molecule has 3 aliphatic rings. The maximum absolute atomic E-state index is 12.7. The molecule has 3 fully saturated rings. The van der Waals surface area contributed by atoms with Crippen molar-refractivity contribution in [2.75, 3.05) is 39.9 Å². The monoisotopic (exact) mass is 392 g/mol. The molecule has 1 amide bonds. The molecule has 0 aromatic rings. The third kappa shape index (κ3) is 5.62. The number of carbonyl (C=O) groups excluding carboxylic acids is 1. The second-order valence-corrected chi connectivity index (χ2v) is 9.04. The van der Waals surface area contributed by atoms with E-state index in [9.17, 15) is 4.79 Å². The number of amides is 1. The molecule has 0 spiro atoms. The van der Waals surface area contributed by atoms with E-state index in [4.69, 9.17) is 9.73 Å². The van der Waals surface area contributed by atoms with E-state index in [1.54, 1.807) is 7.11 Å². The van der Waals surface area contributed by atoms with Crippen molar-refractivity contribution in [3.63, 3.8) is 0 Å². The van der Waals surface area contributed by atoms with Crippen molar-refractivity contribution in [2.45, 2.75) is 77.2 Å². The fraction of sp³-hybridized carbons (Fsp3) is 0.909. The highest BCUT2D eigenvalue weighted by atomic mass is 16.5. The zero-order valence-electron chi connectivity index (χ0n) is 18.0. The average Bonchev–Trinajstić information content (AvgIpc) is 3.46. The van der Waals surface area contributed by atoms with Gasteiger partial charge in [-0.2, -0.15) is 0 Å². The van der Waals surface area contributed by atoms with Crippen LogP contribution >= 0.6 is 0 Å². The quantitative estimate of drug-likeness (QED) is 0.492. The number of methoxy groups -OCH3 is 1. The average molecular weight is 393 g/mol. The Balaban J connectivity index is 1.53. The fourth-order valence-corrected chi connectivity index (χ4v) is 5.20. The van der Waals surface area contributed by atoms with E-state index >= 15 is 0 Å². The van der Waals surface area contributed by atoms with E-state index < -0.39 is 0 Å². The number of rotatable bonds is 8. The van der Waals surface area contributed by atoms with Crippen LogP contribution in [0.2, 0.25) is 0 Å². The Morgan fingerprint density at radius 1 is 1.18 bits per heavy atom. The number of hydrogen-bond acceptors (Lipinski definition) is 3. The van der Waals surface area contributed by atoms with Crippen LogP contribution in [0.3, 0.4) is 0 Å². The first-order chi connectivity index (χ1) is 13.7. The second-order valence-electron chi connectivity index (χ2n) is 9.04. The zero-order valence-corrected chi connectivity index (χ0v) is 18.0. The Kier molecular flexibility index (Phi) is 8.00. The number of guanidine groups is 1. The van der Waals surface area contributed by atoms with Gasteiger partial charge in [-0.15, -0.1) is 0 Å². The molecule has 28 heavy (non-hydrogen) atoms. The van der Waals surface area contributed by atoms with Gasteiger partial charge in [-0.05, 0) is 50.9 Å². The van der Waals surface area contributed by atoms with Gasteiger partial charge < -0.3 is 20.3 Å². The van der Waals surface area contributed by atoms with E-state index in [1.807, 2.05) is 0 Å². The number of ether oxygens (including phenoxy) is 1. The lowest BCUT2D eigenvalue weighted by Gasteiger charge is -2.27. The summed E-state index contributed by atoms with van der Waals surface area (Å²) in [6.07, 6.45) is 11.8. The van der Waals surface area contributed by atoms with Gasteiger partial charge in [0, 0.05) is 51.9 Å². The molecule has 0 bridgehead atoms. The summed E-state index contributed by atoms with van der Waals surface area (Å²) >= 11 is 0. The Morgan fingerprint density at radius 2 is 1.93 bits per heavy atom. The zero-order chi connectivity index (χ0) is 19.8. The molecule has 160 valence electrons. The predicted octanol–water partition coefficient (Wildman–Crippen LogP) is 2.93. The third-order valence-corrected chi connectivity index (χ3v) is 6.96. The van der Waals surface area contributed by atoms with Gasteiger partial charge in [-0.3, -0.25) is 9.79 Å². The molecule has 0 aromatic carbocycles. The maximum Gasteiger partial charge on any atom is 0.225 e. The number of nitrogens with zero attached hydrogens (tertiary/aromatic N) is 2. The summed E-state index contributed by atoms with van der Waals surface area (Å²) in [5.41, 5.74) is 0.304. The molecule has 2 saturated carbocycles. The molecule has 0 aromatic heterocycles. The van der Waals surface area contributed by atoms with Gasteiger partial charge in [0.05, 0.1) is 0 Å². The van der Waals surface area contributed by atoms with Crippen molar-refractivity contribution >= 4 is 11.9 Å². The number of hydrogen-bond donors (Lipinski definition) is 2. The van der Waals surface area contributed by atoms with Crippen LogP contribution in [0.15, 0.2) is 4.99 Å². The van der Waals surface area contributed by atoms with Gasteiger partial charge in [0.2, 0.25) is 5.91 Å². The van der Waals surface area contributed by atoms with Crippen LogP contribution in [0.4, 0.5) is 0 Å². The van der Waals surface area contributed by atoms with Gasteiger partial charge in [-0.1, -0.05) is 25.7 Å². The van der Waals surface area contributed by atoms with Crippen LogP contribution in [-0.2, 0) is 9.53 Å². The Bertz CT molecular complexity index is 525. The molecular formula is C22H40N4O2. The number of nitrogens with one attached hydrogen (secondary N) is 2. The summed E-state index contributed by atoms with van der Waals surface area (Å²) in [6, 6.07) is 0.307. The fourth-order valence-electron chi connectivity index (χ4n) is 5.20. The van der Waals surface area contributed by atoms with Gasteiger partial charge in [0.15, 0.2) is 5.96 Å². The Morgan fingerprint density at radius 3 is 2.61 bits per heavy atom. The normalized spacial score (nSPS) is 25.4. The Hall–Kier alpha value is -1.30. The Labute approximate surface area is 170 Å². The number of carbonyl (C=O) groups is 1. The molecule has 1 atom stereocenters. The van der Waals surface area contributed by atoms with Crippen LogP contribution in [0, 0.1) is 11.3 Å². The van der Waals surface area contributed by atoms with Crippen LogP contribution < -0.4 is 10.6 Å². The lowest BCUT2D eigenvalue weighted by atomic mass is 9.83. The molecule has 1 saturated heterocycles. The molecular weight excluding hydrogens is 352 g/mol. The standard InChI is InChI=1S/C22H40N4O2/c1-3-23-21(24-17-22(13-15-28-2)11-6-7-12-22)25-19-10-14-26(16-19)20(27)18-8-4-5-9-18/h18-19H,3-17H2,1-2H3,(H2,23,24,25). The van der Waals surface area contributed by atoms with E-state index in [0.29, 0.717) is 17.4 Å². The molecule has 0 radical (unpaired) electrons. The molecule has 2 N–H and O–H groups in total. The SMILES string of the molecule is CCNC(=NCC1(CCOC)CCCC1)NC1CCN(C(=O)C2CCCC2)C1. The summed E-state index contributed by atoms with van der Waals surface area (Å²) < 4.78 is 5.35. The summed E-state index contributed by atoms with van der Waals surface area (Å²) in [7, 11) is 1.79. The van der Waals surface area contributed by atoms with Gasteiger partial charge in [0.1, 0.15) is 0 Å².